The van der Waals surface area contributed by atoms with E-state index in [9.17, 15) is 5.11 Å². The van der Waals surface area contributed by atoms with Crippen molar-refractivity contribution in [3.63, 3.8) is 0 Å². The van der Waals surface area contributed by atoms with E-state index >= 15 is 0 Å². The van der Waals surface area contributed by atoms with E-state index in [0.29, 0.717) is 30.9 Å². The largest absolute Gasteiger partial charge is 0.507 e. The van der Waals surface area contributed by atoms with Crippen molar-refractivity contribution in [1.82, 2.24) is 0 Å². The van der Waals surface area contributed by atoms with Crippen molar-refractivity contribution < 1.29 is 9.84 Å². The van der Waals surface area contributed by atoms with Crippen LogP contribution >= 0.6 is 0 Å². The third-order valence-corrected chi connectivity index (χ3v) is 6.14. The number of ether oxygens (including phenoxy) is 1. The van der Waals surface area contributed by atoms with E-state index in [-0.39, 0.29) is 5.75 Å². The molecule has 170 valence electrons. The maximum Gasteiger partial charge on any atom is 0.128 e. The summed E-state index contributed by atoms with van der Waals surface area (Å²) in [5, 5.41) is 10.7. The van der Waals surface area contributed by atoms with Gasteiger partial charge in [0.15, 0.2) is 0 Å². The molecule has 3 aromatic carbocycles. The molecule has 0 radical (unpaired) electrons. The van der Waals surface area contributed by atoms with E-state index in [0.717, 1.165) is 22.4 Å². The number of phenolic OH excluding ortho intramolecular Hbond substituents is 1. The Balaban J connectivity index is 2.03. The highest BCUT2D eigenvalue weighted by Gasteiger charge is 2.19. The first-order chi connectivity index (χ1) is 15.2. The predicted molar refractivity (Wildman–Crippen MR) is 134 cm³/mol. The van der Waals surface area contributed by atoms with E-state index in [1.54, 1.807) is 0 Å². The highest BCUT2D eigenvalue weighted by atomic mass is 16.5. The van der Waals surface area contributed by atoms with Gasteiger partial charge in [0.25, 0.3) is 0 Å². The Labute approximate surface area is 193 Å². The zero-order valence-corrected chi connectivity index (χ0v) is 20.3. The second-order valence-corrected chi connectivity index (χ2v) is 9.44. The van der Waals surface area contributed by atoms with Crippen LogP contribution in [0.3, 0.4) is 0 Å². The summed E-state index contributed by atoms with van der Waals surface area (Å²) in [6.07, 6.45) is 0. The number of para-hydroxylation sites is 2. The molecule has 0 spiro atoms. The van der Waals surface area contributed by atoms with E-state index in [2.05, 4.69) is 53.7 Å². The van der Waals surface area contributed by atoms with Gasteiger partial charge in [-0.2, -0.15) is 0 Å². The van der Waals surface area contributed by atoms with Crippen LogP contribution in [0, 0.1) is 0 Å². The highest BCUT2D eigenvalue weighted by molar-refractivity contribution is 5.76. The fraction of sp³-hybridized carbons (Fsp3) is 0.379. The highest BCUT2D eigenvalue weighted by Crippen LogP contribution is 2.39. The second kappa shape index (κ2) is 10.2. The summed E-state index contributed by atoms with van der Waals surface area (Å²) in [4.78, 5) is 0. The lowest BCUT2D eigenvalue weighted by atomic mass is 9.85. The van der Waals surface area contributed by atoms with E-state index in [1.807, 2.05) is 42.5 Å². The van der Waals surface area contributed by atoms with Crippen molar-refractivity contribution in [2.24, 2.45) is 5.73 Å². The van der Waals surface area contributed by atoms with Gasteiger partial charge in [-0.3, -0.25) is 0 Å². The molecule has 0 unspecified atom stereocenters. The molecule has 0 bridgehead atoms. The molecule has 0 saturated carbocycles. The normalized spacial score (nSPS) is 11.6. The molecule has 0 heterocycles. The average molecular weight is 432 g/mol. The minimum Gasteiger partial charge on any atom is -0.507 e. The summed E-state index contributed by atoms with van der Waals surface area (Å²) < 4.78 is 6.45. The SMILES string of the molecule is CC(C)c1cc(C(C)C)c(COc2ccccc2-c2cccc(CN)c2O)c(C(C)C)c1. The first kappa shape index (κ1) is 23.9. The van der Waals surface area contributed by atoms with Crippen LogP contribution in [-0.4, -0.2) is 5.11 Å². The van der Waals surface area contributed by atoms with Crippen LogP contribution in [0.5, 0.6) is 11.5 Å². The molecule has 0 fully saturated rings. The summed E-state index contributed by atoms with van der Waals surface area (Å²) in [7, 11) is 0. The van der Waals surface area contributed by atoms with Crippen molar-refractivity contribution in [1.29, 1.82) is 0 Å². The van der Waals surface area contributed by atoms with Gasteiger partial charge in [0, 0.05) is 23.2 Å². The molecule has 0 atom stereocenters. The van der Waals surface area contributed by atoms with Gasteiger partial charge in [0.05, 0.1) is 0 Å². The molecular weight excluding hydrogens is 394 g/mol. The summed E-state index contributed by atoms with van der Waals surface area (Å²) in [6.45, 7) is 14.3. The topological polar surface area (TPSA) is 55.5 Å². The second-order valence-electron chi connectivity index (χ2n) is 9.44. The monoisotopic (exact) mass is 431 g/mol. The van der Waals surface area contributed by atoms with Gasteiger partial charge in [0.1, 0.15) is 18.1 Å². The molecule has 3 rings (SSSR count). The van der Waals surface area contributed by atoms with Gasteiger partial charge in [-0.1, -0.05) is 90.1 Å². The lowest BCUT2D eigenvalue weighted by Crippen LogP contribution is -2.09. The summed E-state index contributed by atoms with van der Waals surface area (Å²) >= 11 is 0. The molecule has 0 aliphatic carbocycles. The first-order valence-electron chi connectivity index (χ1n) is 11.6. The third-order valence-electron chi connectivity index (χ3n) is 6.14. The van der Waals surface area contributed by atoms with Crippen LogP contribution in [0.25, 0.3) is 11.1 Å². The van der Waals surface area contributed by atoms with Gasteiger partial charge in [-0.15, -0.1) is 0 Å². The maximum atomic E-state index is 10.7. The van der Waals surface area contributed by atoms with Gasteiger partial charge >= 0.3 is 0 Å². The van der Waals surface area contributed by atoms with Crippen LogP contribution in [0.15, 0.2) is 54.6 Å². The number of phenols is 1. The fourth-order valence-corrected chi connectivity index (χ4v) is 4.21. The Hall–Kier alpha value is -2.78. The fourth-order valence-electron chi connectivity index (χ4n) is 4.21. The van der Waals surface area contributed by atoms with Crippen LogP contribution in [0.2, 0.25) is 0 Å². The van der Waals surface area contributed by atoms with E-state index in [4.69, 9.17) is 10.5 Å². The third kappa shape index (κ3) is 4.99. The van der Waals surface area contributed by atoms with Gasteiger partial charge in [-0.25, -0.2) is 0 Å². The molecule has 0 amide bonds. The van der Waals surface area contributed by atoms with E-state index < -0.39 is 0 Å². The first-order valence-corrected chi connectivity index (χ1v) is 11.6. The number of hydrogen-bond acceptors (Lipinski definition) is 3. The average Bonchev–Trinajstić information content (AvgIpc) is 2.77. The zero-order chi connectivity index (χ0) is 23.4. The lowest BCUT2D eigenvalue weighted by Gasteiger charge is -2.23. The summed E-state index contributed by atoms with van der Waals surface area (Å²) in [5.41, 5.74) is 13.5. The standard InChI is InChI=1S/C29H37NO2/c1-18(2)22-14-25(19(3)4)27(26(15-22)20(5)6)17-32-28-13-8-7-11-23(28)24-12-9-10-21(16-30)29(24)31/h7-15,18-20,31H,16-17,30H2,1-6H3. The van der Waals surface area contributed by atoms with Crippen LogP contribution in [0.4, 0.5) is 0 Å². The number of nitrogens with two attached hydrogens (primary N) is 1. The molecule has 3 aromatic rings. The van der Waals surface area contributed by atoms with Gasteiger partial charge in [-0.05, 0) is 46.1 Å². The van der Waals surface area contributed by atoms with Gasteiger partial charge < -0.3 is 15.6 Å². The van der Waals surface area contributed by atoms with Gasteiger partial charge in [0.2, 0.25) is 0 Å². The Morgan fingerprint density at radius 3 is 1.94 bits per heavy atom. The van der Waals surface area contributed by atoms with Crippen molar-refractivity contribution >= 4 is 0 Å². The Kier molecular flexibility index (Phi) is 7.63. The maximum absolute atomic E-state index is 10.7. The smallest absolute Gasteiger partial charge is 0.128 e. The number of aromatic hydroxyl groups is 1. The number of hydrogen-bond donors (Lipinski definition) is 2. The Bertz CT molecular complexity index is 1040. The Morgan fingerprint density at radius 1 is 0.781 bits per heavy atom. The molecule has 32 heavy (non-hydrogen) atoms. The summed E-state index contributed by atoms with van der Waals surface area (Å²) in [5.74, 6) is 2.28. The van der Waals surface area contributed by atoms with Crippen molar-refractivity contribution in [2.45, 2.75) is 72.4 Å². The number of rotatable bonds is 8. The zero-order valence-electron chi connectivity index (χ0n) is 20.3. The summed E-state index contributed by atoms with van der Waals surface area (Å²) in [6, 6.07) is 18.3. The minimum atomic E-state index is 0.220. The molecule has 0 saturated heterocycles. The van der Waals surface area contributed by atoms with Crippen LogP contribution < -0.4 is 10.5 Å². The van der Waals surface area contributed by atoms with E-state index in [1.165, 1.54) is 22.3 Å². The lowest BCUT2D eigenvalue weighted by molar-refractivity contribution is 0.304. The van der Waals surface area contributed by atoms with Crippen LogP contribution in [-0.2, 0) is 13.2 Å². The number of benzene rings is 3. The molecular formula is C29H37NO2. The van der Waals surface area contributed by atoms with Crippen molar-refractivity contribution in [3.05, 3.63) is 82.4 Å². The molecule has 3 N–H and O–H groups in total. The molecule has 0 aliphatic heterocycles. The van der Waals surface area contributed by atoms with Crippen molar-refractivity contribution in [3.8, 4) is 22.6 Å². The predicted octanol–water partition coefficient (Wildman–Crippen LogP) is 7.47. The molecule has 0 aliphatic rings. The Morgan fingerprint density at radius 2 is 1.38 bits per heavy atom. The van der Waals surface area contributed by atoms with Crippen LogP contribution in [0.1, 0.15) is 87.1 Å². The quantitative estimate of drug-likeness (QED) is 0.389. The molecule has 3 nitrogen and oxygen atoms in total. The molecule has 3 heteroatoms. The van der Waals surface area contributed by atoms with Crippen molar-refractivity contribution in [2.75, 3.05) is 0 Å². The minimum absolute atomic E-state index is 0.220. The molecule has 0 aromatic heterocycles.